The molecule has 1 aromatic rings. The second-order valence-electron chi connectivity index (χ2n) is 3.86. The minimum atomic E-state index is -0.345. The Labute approximate surface area is 105 Å². The Balaban J connectivity index is 2.01. The minimum absolute atomic E-state index is 0.0977. The van der Waals surface area contributed by atoms with Gasteiger partial charge in [0.1, 0.15) is 0 Å². The maximum atomic E-state index is 11.9. The third kappa shape index (κ3) is 2.51. The molecule has 1 aliphatic heterocycles. The van der Waals surface area contributed by atoms with E-state index in [1.807, 2.05) is 30.3 Å². The van der Waals surface area contributed by atoms with Crippen LogP contribution in [0.25, 0.3) is 0 Å². The number of benzene rings is 1. The number of hydrogen-bond acceptors (Lipinski definition) is 3. The van der Waals surface area contributed by atoms with Gasteiger partial charge in [-0.05, 0) is 5.56 Å². The molecular weight excluding hydrogens is 232 g/mol. The topological polar surface area (TPSA) is 67.4 Å². The normalized spacial score (nSPS) is 14.4. The summed E-state index contributed by atoms with van der Waals surface area (Å²) in [6.45, 7) is 0.636. The van der Waals surface area contributed by atoms with Crippen LogP contribution < -0.4 is 10.6 Å². The first-order valence-electron chi connectivity index (χ1n) is 5.60. The zero-order valence-corrected chi connectivity index (χ0v) is 10.0. The summed E-state index contributed by atoms with van der Waals surface area (Å²) in [7, 11) is 1.38. The van der Waals surface area contributed by atoms with Gasteiger partial charge in [0.05, 0.1) is 19.2 Å². The summed E-state index contributed by atoms with van der Waals surface area (Å²) in [5.74, 6) is -0.531. The van der Waals surface area contributed by atoms with Crippen LogP contribution >= 0.6 is 0 Å². The number of carbonyl (C=O) groups excluding carboxylic acids is 2. The summed E-state index contributed by atoms with van der Waals surface area (Å²) < 4.78 is 4.92. The van der Waals surface area contributed by atoms with Crippen LogP contribution in [0.1, 0.15) is 5.56 Å². The standard InChI is InChI=1S/C13H14N2O3/c1-18-11-10(8-15-13(11)17)12(16)14-7-9-5-3-2-4-6-9/h2-6H,7-8H2,1H3,(H,14,16)(H,15,17). The lowest BCUT2D eigenvalue weighted by Crippen LogP contribution is -2.27. The Morgan fingerprint density at radius 3 is 2.78 bits per heavy atom. The van der Waals surface area contributed by atoms with Crippen LogP contribution in [-0.2, 0) is 20.9 Å². The van der Waals surface area contributed by atoms with E-state index in [0.717, 1.165) is 5.56 Å². The SMILES string of the molecule is COC1=C(C(=O)NCc2ccccc2)CNC1=O. The van der Waals surface area contributed by atoms with E-state index in [9.17, 15) is 9.59 Å². The molecule has 2 amide bonds. The second-order valence-corrected chi connectivity index (χ2v) is 3.86. The van der Waals surface area contributed by atoms with Gasteiger partial charge in [0.15, 0.2) is 5.76 Å². The smallest absolute Gasteiger partial charge is 0.287 e. The van der Waals surface area contributed by atoms with Gasteiger partial charge in [-0.3, -0.25) is 9.59 Å². The van der Waals surface area contributed by atoms with Crippen molar-refractivity contribution < 1.29 is 14.3 Å². The molecule has 0 saturated heterocycles. The van der Waals surface area contributed by atoms with Crippen LogP contribution in [0.4, 0.5) is 0 Å². The second kappa shape index (κ2) is 5.35. The minimum Gasteiger partial charge on any atom is -0.491 e. The molecule has 0 spiro atoms. The van der Waals surface area contributed by atoms with Crippen LogP contribution in [0.3, 0.4) is 0 Å². The Hall–Kier alpha value is -2.30. The van der Waals surface area contributed by atoms with Crippen molar-refractivity contribution in [2.75, 3.05) is 13.7 Å². The highest BCUT2D eigenvalue weighted by Crippen LogP contribution is 2.12. The van der Waals surface area contributed by atoms with Gasteiger partial charge in [-0.25, -0.2) is 0 Å². The van der Waals surface area contributed by atoms with Gasteiger partial charge in [-0.1, -0.05) is 30.3 Å². The molecule has 0 saturated carbocycles. The van der Waals surface area contributed by atoms with E-state index in [2.05, 4.69) is 10.6 Å². The summed E-state index contributed by atoms with van der Waals surface area (Å²) in [6, 6.07) is 9.56. The van der Waals surface area contributed by atoms with Crippen LogP contribution in [0.5, 0.6) is 0 Å². The van der Waals surface area contributed by atoms with E-state index in [4.69, 9.17) is 4.74 Å². The summed E-state index contributed by atoms with van der Waals surface area (Å²) in [5.41, 5.74) is 1.35. The van der Waals surface area contributed by atoms with Crippen molar-refractivity contribution in [1.82, 2.24) is 10.6 Å². The molecule has 5 heteroatoms. The first-order valence-corrected chi connectivity index (χ1v) is 5.60. The van der Waals surface area contributed by atoms with Gasteiger partial charge in [-0.2, -0.15) is 0 Å². The molecule has 94 valence electrons. The first kappa shape index (κ1) is 12.2. The van der Waals surface area contributed by atoms with Crippen molar-refractivity contribution in [2.45, 2.75) is 6.54 Å². The molecular formula is C13H14N2O3. The van der Waals surface area contributed by atoms with Crippen LogP contribution in [0, 0.1) is 0 Å². The maximum absolute atomic E-state index is 11.9. The Kier molecular flexibility index (Phi) is 3.62. The van der Waals surface area contributed by atoms with E-state index in [0.29, 0.717) is 12.1 Å². The molecule has 2 rings (SSSR count). The lowest BCUT2D eigenvalue weighted by Gasteiger charge is -2.06. The van der Waals surface area contributed by atoms with Crippen molar-refractivity contribution >= 4 is 11.8 Å². The lowest BCUT2D eigenvalue weighted by atomic mass is 10.2. The molecule has 0 fully saturated rings. The molecule has 5 nitrogen and oxygen atoms in total. The molecule has 0 aromatic heterocycles. The number of carbonyl (C=O) groups is 2. The first-order chi connectivity index (χ1) is 8.72. The van der Waals surface area contributed by atoms with Crippen LogP contribution in [0.2, 0.25) is 0 Å². The van der Waals surface area contributed by atoms with Crippen molar-refractivity contribution in [3.8, 4) is 0 Å². The summed E-state index contributed by atoms with van der Waals surface area (Å²) in [5, 5.41) is 5.31. The van der Waals surface area contributed by atoms with Gasteiger partial charge < -0.3 is 15.4 Å². The quantitative estimate of drug-likeness (QED) is 0.804. The summed E-state index contributed by atoms with van der Waals surface area (Å²) >= 11 is 0. The maximum Gasteiger partial charge on any atom is 0.287 e. The third-order valence-electron chi connectivity index (χ3n) is 2.68. The number of nitrogens with one attached hydrogen (secondary N) is 2. The van der Waals surface area contributed by atoms with E-state index >= 15 is 0 Å². The fourth-order valence-electron chi connectivity index (χ4n) is 1.75. The highest BCUT2D eigenvalue weighted by atomic mass is 16.5. The predicted molar refractivity (Wildman–Crippen MR) is 65.3 cm³/mol. The Bertz CT molecular complexity index is 494. The largest absolute Gasteiger partial charge is 0.491 e. The van der Waals surface area contributed by atoms with Crippen molar-refractivity contribution in [3.63, 3.8) is 0 Å². The molecule has 0 atom stereocenters. The van der Waals surface area contributed by atoms with Gasteiger partial charge in [0, 0.05) is 6.54 Å². The van der Waals surface area contributed by atoms with Gasteiger partial charge >= 0.3 is 0 Å². The number of amides is 2. The van der Waals surface area contributed by atoms with Crippen LogP contribution in [0.15, 0.2) is 41.7 Å². The Morgan fingerprint density at radius 2 is 2.11 bits per heavy atom. The molecule has 1 aliphatic rings. The average Bonchev–Trinajstić information content (AvgIpc) is 2.78. The number of hydrogen-bond donors (Lipinski definition) is 2. The number of ether oxygens (including phenoxy) is 1. The summed E-state index contributed by atoms with van der Waals surface area (Å²) in [4.78, 5) is 23.2. The molecule has 0 aliphatic carbocycles. The lowest BCUT2D eigenvalue weighted by molar-refractivity contribution is -0.120. The van der Waals surface area contributed by atoms with E-state index in [1.54, 1.807) is 0 Å². The molecule has 18 heavy (non-hydrogen) atoms. The predicted octanol–water partition coefficient (Wildman–Crippen LogP) is 0.333. The van der Waals surface area contributed by atoms with E-state index in [1.165, 1.54) is 7.11 Å². The third-order valence-corrected chi connectivity index (χ3v) is 2.68. The van der Waals surface area contributed by atoms with Crippen molar-refractivity contribution in [1.29, 1.82) is 0 Å². The summed E-state index contributed by atoms with van der Waals surface area (Å²) in [6.07, 6.45) is 0. The molecule has 1 aromatic carbocycles. The number of methoxy groups -OCH3 is 1. The van der Waals surface area contributed by atoms with Gasteiger partial charge in [0.25, 0.3) is 11.8 Å². The van der Waals surface area contributed by atoms with Gasteiger partial charge in [0.2, 0.25) is 0 Å². The molecule has 2 N–H and O–H groups in total. The molecule has 0 bridgehead atoms. The Morgan fingerprint density at radius 1 is 1.39 bits per heavy atom. The van der Waals surface area contributed by atoms with Crippen LogP contribution in [-0.4, -0.2) is 25.5 Å². The average molecular weight is 246 g/mol. The fraction of sp³-hybridized carbons (Fsp3) is 0.231. The molecule has 0 radical (unpaired) electrons. The zero-order chi connectivity index (χ0) is 13.0. The molecule has 0 unspecified atom stereocenters. The van der Waals surface area contributed by atoms with Gasteiger partial charge in [-0.15, -0.1) is 0 Å². The highest BCUT2D eigenvalue weighted by Gasteiger charge is 2.28. The highest BCUT2D eigenvalue weighted by molar-refractivity contribution is 6.07. The zero-order valence-electron chi connectivity index (χ0n) is 10.0. The van der Waals surface area contributed by atoms with Crippen molar-refractivity contribution in [2.24, 2.45) is 0 Å². The van der Waals surface area contributed by atoms with E-state index in [-0.39, 0.29) is 24.1 Å². The fourth-order valence-corrected chi connectivity index (χ4v) is 1.75. The van der Waals surface area contributed by atoms with Crippen molar-refractivity contribution in [3.05, 3.63) is 47.2 Å². The van der Waals surface area contributed by atoms with E-state index < -0.39 is 0 Å². The monoisotopic (exact) mass is 246 g/mol. The number of rotatable bonds is 4. The molecule has 1 heterocycles.